The van der Waals surface area contributed by atoms with Crippen LogP contribution in [0.25, 0.3) is 0 Å². The van der Waals surface area contributed by atoms with Crippen LogP contribution in [0, 0.1) is 0 Å². The van der Waals surface area contributed by atoms with Crippen LogP contribution < -0.4 is 10.1 Å². The van der Waals surface area contributed by atoms with E-state index in [2.05, 4.69) is 5.32 Å². The molecule has 1 aromatic rings. The monoisotopic (exact) mass is 267 g/mol. The summed E-state index contributed by atoms with van der Waals surface area (Å²) in [6.45, 7) is 3.65. The largest absolute Gasteiger partial charge is 0.494 e. The van der Waals surface area contributed by atoms with Gasteiger partial charge in [-0.15, -0.1) is 0 Å². The molecule has 1 aromatic carbocycles. The fourth-order valence-electron chi connectivity index (χ4n) is 1.76. The number of benzene rings is 1. The lowest BCUT2D eigenvalue weighted by Gasteiger charge is -2.15. The summed E-state index contributed by atoms with van der Waals surface area (Å²) in [5.41, 5.74) is 0.691. The van der Waals surface area contributed by atoms with Gasteiger partial charge in [0.2, 0.25) is 0 Å². The summed E-state index contributed by atoms with van der Waals surface area (Å²) in [7, 11) is 1.63. The minimum Gasteiger partial charge on any atom is -0.494 e. The van der Waals surface area contributed by atoms with E-state index in [-0.39, 0.29) is 0 Å². The van der Waals surface area contributed by atoms with E-state index in [0.29, 0.717) is 31.1 Å². The zero-order chi connectivity index (χ0) is 14.1. The van der Waals surface area contributed by atoms with Gasteiger partial charge in [0.1, 0.15) is 11.8 Å². The summed E-state index contributed by atoms with van der Waals surface area (Å²) in [6, 6.07) is 6.43. The Morgan fingerprint density at radius 3 is 2.89 bits per heavy atom. The molecule has 1 atom stereocenters. The highest BCUT2D eigenvalue weighted by Gasteiger charge is 2.19. The van der Waals surface area contributed by atoms with E-state index in [9.17, 15) is 9.90 Å². The van der Waals surface area contributed by atoms with Crippen LogP contribution in [-0.4, -0.2) is 37.9 Å². The lowest BCUT2D eigenvalue weighted by molar-refractivity contribution is -0.139. The van der Waals surface area contributed by atoms with Gasteiger partial charge in [0.15, 0.2) is 0 Å². The molecular formula is C14H21NO4. The van der Waals surface area contributed by atoms with E-state index in [1.807, 2.05) is 13.0 Å². The number of hydrogen-bond acceptors (Lipinski definition) is 4. The maximum Gasteiger partial charge on any atom is 0.325 e. The number of methoxy groups -OCH3 is 1. The summed E-state index contributed by atoms with van der Waals surface area (Å²) in [5.74, 6) is -0.212. The number of nitrogens with one attached hydrogen (secondary N) is 1. The molecule has 0 aliphatic carbocycles. The second-order valence-corrected chi connectivity index (χ2v) is 4.08. The predicted molar refractivity (Wildman–Crippen MR) is 72.5 cm³/mol. The SMILES string of the molecule is CCOc1cccc(C(NCCCOC)C(=O)O)c1. The topological polar surface area (TPSA) is 67.8 Å². The molecule has 0 radical (unpaired) electrons. The van der Waals surface area contributed by atoms with E-state index in [0.717, 1.165) is 6.42 Å². The van der Waals surface area contributed by atoms with E-state index < -0.39 is 12.0 Å². The molecule has 0 bridgehead atoms. The zero-order valence-electron chi connectivity index (χ0n) is 11.4. The third-order valence-electron chi connectivity index (χ3n) is 2.62. The summed E-state index contributed by atoms with van der Waals surface area (Å²) in [6.07, 6.45) is 0.769. The first kappa shape index (κ1) is 15.5. The van der Waals surface area contributed by atoms with Gasteiger partial charge in [0.25, 0.3) is 0 Å². The van der Waals surface area contributed by atoms with E-state index >= 15 is 0 Å². The second-order valence-electron chi connectivity index (χ2n) is 4.08. The first-order valence-corrected chi connectivity index (χ1v) is 6.37. The quantitative estimate of drug-likeness (QED) is 0.668. The number of carbonyl (C=O) groups is 1. The molecule has 19 heavy (non-hydrogen) atoms. The summed E-state index contributed by atoms with van der Waals surface area (Å²) < 4.78 is 10.3. The van der Waals surface area contributed by atoms with Crippen LogP contribution in [0.15, 0.2) is 24.3 Å². The molecule has 2 N–H and O–H groups in total. The Labute approximate surface area is 113 Å². The Morgan fingerprint density at radius 1 is 1.47 bits per heavy atom. The van der Waals surface area contributed by atoms with Crippen molar-refractivity contribution in [2.45, 2.75) is 19.4 Å². The Kier molecular flexibility index (Phi) is 6.92. The van der Waals surface area contributed by atoms with Crippen LogP contribution in [-0.2, 0) is 9.53 Å². The van der Waals surface area contributed by atoms with Gasteiger partial charge in [-0.05, 0) is 37.6 Å². The summed E-state index contributed by atoms with van der Waals surface area (Å²) in [5, 5.41) is 12.3. The average molecular weight is 267 g/mol. The molecule has 0 spiro atoms. The maximum absolute atomic E-state index is 11.3. The lowest BCUT2D eigenvalue weighted by Crippen LogP contribution is -2.29. The number of aliphatic carboxylic acids is 1. The van der Waals surface area contributed by atoms with Crippen molar-refractivity contribution in [2.75, 3.05) is 26.9 Å². The number of ether oxygens (including phenoxy) is 2. The molecule has 5 nitrogen and oxygen atoms in total. The molecule has 1 unspecified atom stereocenters. The molecule has 0 heterocycles. The standard InChI is InChI=1S/C14H21NO4/c1-3-19-12-7-4-6-11(10-12)13(14(16)17)15-8-5-9-18-2/h4,6-7,10,13,15H,3,5,8-9H2,1-2H3,(H,16,17). The molecule has 106 valence electrons. The van der Waals surface area contributed by atoms with Gasteiger partial charge < -0.3 is 19.9 Å². The van der Waals surface area contributed by atoms with Crippen molar-refractivity contribution in [3.63, 3.8) is 0 Å². The van der Waals surface area contributed by atoms with Crippen molar-refractivity contribution in [1.82, 2.24) is 5.32 Å². The van der Waals surface area contributed by atoms with Crippen molar-refractivity contribution >= 4 is 5.97 Å². The number of hydrogen-bond donors (Lipinski definition) is 2. The smallest absolute Gasteiger partial charge is 0.325 e. The first-order chi connectivity index (χ1) is 9.19. The van der Waals surface area contributed by atoms with Gasteiger partial charge in [0, 0.05) is 13.7 Å². The molecule has 0 saturated carbocycles. The minimum atomic E-state index is -0.897. The molecule has 0 aliphatic heterocycles. The van der Waals surface area contributed by atoms with Crippen molar-refractivity contribution in [1.29, 1.82) is 0 Å². The molecule has 0 aromatic heterocycles. The highest BCUT2D eigenvalue weighted by atomic mass is 16.5. The van der Waals surface area contributed by atoms with Gasteiger partial charge in [-0.1, -0.05) is 12.1 Å². The lowest BCUT2D eigenvalue weighted by atomic mass is 10.1. The Balaban J connectivity index is 2.69. The zero-order valence-corrected chi connectivity index (χ0v) is 11.4. The highest BCUT2D eigenvalue weighted by Crippen LogP contribution is 2.19. The van der Waals surface area contributed by atoms with Crippen molar-refractivity contribution in [3.8, 4) is 5.75 Å². The molecule has 0 aliphatic rings. The molecular weight excluding hydrogens is 246 g/mol. The molecule has 0 amide bonds. The number of carboxylic acid groups (broad SMARTS) is 1. The Morgan fingerprint density at radius 2 is 2.26 bits per heavy atom. The fraction of sp³-hybridized carbons (Fsp3) is 0.500. The minimum absolute atomic E-state index is 0.558. The Hall–Kier alpha value is -1.59. The first-order valence-electron chi connectivity index (χ1n) is 6.37. The van der Waals surface area contributed by atoms with E-state index in [1.54, 1.807) is 25.3 Å². The third-order valence-corrected chi connectivity index (χ3v) is 2.62. The van der Waals surface area contributed by atoms with Gasteiger partial charge in [-0.3, -0.25) is 4.79 Å². The highest BCUT2D eigenvalue weighted by molar-refractivity contribution is 5.75. The molecule has 0 fully saturated rings. The van der Waals surface area contributed by atoms with Gasteiger partial charge >= 0.3 is 5.97 Å². The third kappa shape index (κ3) is 5.28. The average Bonchev–Trinajstić information content (AvgIpc) is 2.39. The van der Waals surface area contributed by atoms with Crippen LogP contribution in [0.1, 0.15) is 24.9 Å². The van der Waals surface area contributed by atoms with Crippen LogP contribution in [0.4, 0.5) is 0 Å². The fourth-order valence-corrected chi connectivity index (χ4v) is 1.76. The van der Waals surface area contributed by atoms with Crippen LogP contribution in [0.5, 0.6) is 5.75 Å². The normalized spacial score (nSPS) is 12.1. The molecule has 5 heteroatoms. The van der Waals surface area contributed by atoms with Crippen molar-refractivity contribution in [2.24, 2.45) is 0 Å². The van der Waals surface area contributed by atoms with Gasteiger partial charge in [0.05, 0.1) is 6.61 Å². The molecule has 1 rings (SSSR count). The molecule has 0 saturated heterocycles. The van der Waals surface area contributed by atoms with Crippen molar-refractivity contribution in [3.05, 3.63) is 29.8 Å². The second kappa shape index (κ2) is 8.50. The number of rotatable bonds is 9. The predicted octanol–water partition coefficient (Wildman–Crippen LogP) is 1.84. The van der Waals surface area contributed by atoms with Gasteiger partial charge in [-0.25, -0.2) is 0 Å². The van der Waals surface area contributed by atoms with Crippen LogP contribution in [0.2, 0.25) is 0 Å². The number of carboxylic acids is 1. The van der Waals surface area contributed by atoms with Crippen molar-refractivity contribution < 1.29 is 19.4 Å². The van der Waals surface area contributed by atoms with Crippen LogP contribution >= 0.6 is 0 Å². The van der Waals surface area contributed by atoms with E-state index in [4.69, 9.17) is 9.47 Å². The summed E-state index contributed by atoms with van der Waals surface area (Å²) in [4.78, 5) is 11.3. The maximum atomic E-state index is 11.3. The Bertz CT molecular complexity index is 395. The van der Waals surface area contributed by atoms with E-state index in [1.165, 1.54) is 0 Å². The van der Waals surface area contributed by atoms with Crippen LogP contribution in [0.3, 0.4) is 0 Å². The summed E-state index contributed by atoms with van der Waals surface area (Å²) >= 11 is 0. The van der Waals surface area contributed by atoms with Gasteiger partial charge in [-0.2, -0.15) is 0 Å².